The Labute approximate surface area is 154 Å². The molecule has 1 aromatic carbocycles. The maximum absolute atomic E-state index is 15.0. The lowest BCUT2D eigenvalue weighted by Crippen LogP contribution is -2.14. The molecule has 1 unspecified atom stereocenters. The van der Waals surface area contributed by atoms with Gasteiger partial charge in [-0.2, -0.15) is 8.78 Å². The quantitative estimate of drug-likeness (QED) is 0.628. The highest BCUT2D eigenvalue weighted by atomic mass is 79.9. The largest absolute Gasteiger partial charge is 0.391 e. The topological polar surface area (TPSA) is 50.9 Å². The van der Waals surface area contributed by atoms with Crippen molar-refractivity contribution in [3.8, 4) is 22.5 Å². The molecule has 26 heavy (non-hydrogen) atoms. The first-order chi connectivity index (χ1) is 12.3. The van der Waals surface area contributed by atoms with E-state index >= 15 is 4.39 Å². The number of pyridine rings is 1. The molecule has 0 saturated heterocycles. The highest BCUT2D eigenvalue weighted by molar-refractivity contribution is 9.10. The van der Waals surface area contributed by atoms with Gasteiger partial charge in [0.2, 0.25) is 5.82 Å². The van der Waals surface area contributed by atoms with Gasteiger partial charge < -0.3 is 5.11 Å². The molecule has 2 heterocycles. The molecule has 0 bridgehead atoms. The van der Waals surface area contributed by atoms with E-state index in [-0.39, 0.29) is 17.8 Å². The van der Waals surface area contributed by atoms with E-state index < -0.39 is 40.8 Å². The maximum Gasteiger partial charge on any atom is 0.268 e. The Morgan fingerprint density at radius 1 is 1.12 bits per heavy atom. The van der Waals surface area contributed by atoms with Gasteiger partial charge >= 0.3 is 0 Å². The fraction of sp³-hybridized carbons (Fsp3) is 0.176. The molecule has 3 rings (SSSR count). The van der Waals surface area contributed by atoms with Gasteiger partial charge in [-0.3, -0.25) is 9.67 Å². The third-order valence-electron chi connectivity index (χ3n) is 3.62. The molecule has 0 radical (unpaired) electrons. The van der Waals surface area contributed by atoms with Crippen LogP contribution in [0.4, 0.5) is 17.6 Å². The summed E-state index contributed by atoms with van der Waals surface area (Å²) in [5, 5.41) is 12.8. The molecule has 0 aliphatic rings. The molecule has 9 heteroatoms. The van der Waals surface area contributed by atoms with Crippen LogP contribution in [0.3, 0.4) is 0 Å². The average molecular weight is 430 g/mol. The van der Waals surface area contributed by atoms with Crippen molar-refractivity contribution in [1.82, 2.24) is 14.8 Å². The molecule has 0 aliphatic heterocycles. The zero-order valence-electron chi connectivity index (χ0n) is 13.3. The summed E-state index contributed by atoms with van der Waals surface area (Å²) in [5.41, 5.74) is -1.38. The van der Waals surface area contributed by atoms with Crippen LogP contribution in [0.5, 0.6) is 0 Å². The van der Waals surface area contributed by atoms with Crippen molar-refractivity contribution in [2.24, 2.45) is 0 Å². The van der Waals surface area contributed by atoms with Crippen LogP contribution in [-0.4, -0.2) is 26.0 Å². The minimum atomic E-state index is -1.44. The predicted molar refractivity (Wildman–Crippen MR) is 90.1 cm³/mol. The van der Waals surface area contributed by atoms with Crippen molar-refractivity contribution in [3.63, 3.8) is 0 Å². The van der Waals surface area contributed by atoms with Crippen LogP contribution in [0, 0.1) is 23.4 Å². The molecule has 0 fully saturated rings. The monoisotopic (exact) mass is 429 g/mol. The molecule has 136 valence electrons. The number of nitrogens with zero attached hydrogens (tertiary/aromatic N) is 3. The second-order valence-electron chi connectivity index (χ2n) is 5.63. The van der Waals surface area contributed by atoms with Gasteiger partial charge in [0.1, 0.15) is 17.3 Å². The van der Waals surface area contributed by atoms with E-state index in [0.717, 1.165) is 16.8 Å². The molecule has 0 spiro atoms. The summed E-state index contributed by atoms with van der Waals surface area (Å²) in [5.74, 6) is -4.83. The van der Waals surface area contributed by atoms with E-state index in [9.17, 15) is 18.3 Å². The molecule has 2 aromatic heterocycles. The number of aromatic nitrogens is 3. The van der Waals surface area contributed by atoms with Gasteiger partial charge in [0.15, 0.2) is 0 Å². The second kappa shape index (κ2) is 7.16. The third-order valence-corrected chi connectivity index (χ3v) is 4.09. The molecule has 0 aliphatic carbocycles. The molecule has 4 nitrogen and oxygen atoms in total. The Morgan fingerprint density at radius 3 is 2.46 bits per heavy atom. The SMILES string of the molecule is CC(O)Cn1nc(F)c(F)c1-c1ccc(F)c(-c2ccc(Br)cn2)c1F. The van der Waals surface area contributed by atoms with Gasteiger partial charge in [-0.25, -0.2) is 8.78 Å². The summed E-state index contributed by atoms with van der Waals surface area (Å²) >= 11 is 3.17. The first kappa shape index (κ1) is 18.5. The number of hydrogen-bond donors (Lipinski definition) is 1. The summed E-state index contributed by atoms with van der Waals surface area (Å²) in [6.07, 6.45) is 0.377. The van der Waals surface area contributed by atoms with E-state index in [1.807, 2.05) is 0 Å². The smallest absolute Gasteiger partial charge is 0.268 e. The second-order valence-corrected chi connectivity index (χ2v) is 6.55. The van der Waals surface area contributed by atoms with E-state index in [1.165, 1.54) is 19.2 Å². The van der Waals surface area contributed by atoms with Crippen molar-refractivity contribution in [2.45, 2.75) is 19.6 Å². The fourth-order valence-electron chi connectivity index (χ4n) is 2.54. The first-order valence-corrected chi connectivity index (χ1v) is 8.29. The molecule has 3 aromatic rings. The van der Waals surface area contributed by atoms with E-state index in [4.69, 9.17) is 0 Å². The Kier molecular flexibility index (Phi) is 5.10. The zero-order chi connectivity index (χ0) is 19.0. The number of aliphatic hydroxyl groups excluding tert-OH is 1. The Hall–Kier alpha value is -2.26. The number of aliphatic hydroxyl groups is 1. The number of halogens is 5. The van der Waals surface area contributed by atoms with Gasteiger partial charge in [-0.1, -0.05) is 0 Å². The first-order valence-electron chi connectivity index (χ1n) is 7.49. The van der Waals surface area contributed by atoms with Gasteiger partial charge in [0.05, 0.1) is 23.9 Å². The van der Waals surface area contributed by atoms with Crippen molar-refractivity contribution >= 4 is 15.9 Å². The normalized spacial score (nSPS) is 12.4. The minimum absolute atomic E-state index is 0.00692. The summed E-state index contributed by atoms with van der Waals surface area (Å²) in [4.78, 5) is 3.95. The highest BCUT2D eigenvalue weighted by Crippen LogP contribution is 2.34. The van der Waals surface area contributed by atoms with Crippen LogP contribution < -0.4 is 0 Å². The molecule has 0 saturated carbocycles. The predicted octanol–water partition coefficient (Wildman–Crippen LogP) is 4.31. The lowest BCUT2D eigenvalue weighted by atomic mass is 10.0. The Bertz CT molecular complexity index is 958. The highest BCUT2D eigenvalue weighted by Gasteiger charge is 2.26. The van der Waals surface area contributed by atoms with Crippen LogP contribution in [-0.2, 0) is 6.54 Å². The summed E-state index contributed by atoms with van der Waals surface area (Å²) in [6.45, 7) is 1.12. The maximum atomic E-state index is 15.0. The summed E-state index contributed by atoms with van der Waals surface area (Å²) in [6, 6.07) is 4.87. The van der Waals surface area contributed by atoms with Crippen molar-refractivity contribution < 1.29 is 22.7 Å². The van der Waals surface area contributed by atoms with Crippen molar-refractivity contribution in [2.75, 3.05) is 0 Å². The number of benzene rings is 1. The molecule has 1 N–H and O–H groups in total. The van der Waals surface area contributed by atoms with E-state index in [2.05, 4.69) is 26.0 Å². The van der Waals surface area contributed by atoms with Crippen LogP contribution in [0.2, 0.25) is 0 Å². The van der Waals surface area contributed by atoms with Gasteiger partial charge in [0.25, 0.3) is 5.95 Å². The van der Waals surface area contributed by atoms with Crippen LogP contribution in [0.25, 0.3) is 22.5 Å². The van der Waals surface area contributed by atoms with Crippen LogP contribution in [0.1, 0.15) is 6.92 Å². The zero-order valence-corrected chi connectivity index (χ0v) is 14.9. The summed E-state index contributed by atoms with van der Waals surface area (Å²) in [7, 11) is 0. The number of hydrogen-bond acceptors (Lipinski definition) is 3. The van der Waals surface area contributed by atoms with Crippen LogP contribution >= 0.6 is 15.9 Å². The summed E-state index contributed by atoms with van der Waals surface area (Å²) < 4.78 is 58.5. The van der Waals surface area contributed by atoms with E-state index in [0.29, 0.717) is 4.47 Å². The lowest BCUT2D eigenvalue weighted by molar-refractivity contribution is 0.168. The van der Waals surface area contributed by atoms with Crippen molar-refractivity contribution in [1.29, 1.82) is 0 Å². The van der Waals surface area contributed by atoms with Crippen LogP contribution in [0.15, 0.2) is 34.9 Å². The lowest BCUT2D eigenvalue weighted by Gasteiger charge is -2.12. The molecular formula is C17H12BrF4N3O. The Morgan fingerprint density at radius 2 is 1.85 bits per heavy atom. The van der Waals surface area contributed by atoms with E-state index in [1.54, 1.807) is 6.07 Å². The van der Waals surface area contributed by atoms with Crippen molar-refractivity contribution in [3.05, 3.63) is 58.3 Å². The Balaban J connectivity index is 2.22. The number of rotatable bonds is 4. The molecule has 0 amide bonds. The average Bonchev–Trinajstić information content (AvgIpc) is 2.83. The molecule has 1 atom stereocenters. The van der Waals surface area contributed by atoms with Gasteiger partial charge in [-0.05, 0) is 47.1 Å². The fourth-order valence-corrected chi connectivity index (χ4v) is 2.78. The van der Waals surface area contributed by atoms with Gasteiger partial charge in [0, 0.05) is 16.2 Å². The standard InChI is InChI=1S/C17H12BrF4N3O/c1-8(26)7-25-16(15(21)17(22)24-25)10-3-4-11(19)13(14(10)20)12-5-2-9(18)6-23-12/h2-6,8,26H,7H2,1H3. The molecular weight excluding hydrogens is 418 g/mol. The third kappa shape index (κ3) is 3.36. The minimum Gasteiger partial charge on any atom is -0.391 e. The van der Waals surface area contributed by atoms with Gasteiger partial charge in [-0.15, -0.1) is 5.10 Å².